The lowest BCUT2D eigenvalue weighted by Crippen LogP contribution is -2.51. The van der Waals surface area contributed by atoms with Crippen molar-refractivity contribution in [2.45, 2.75) is 50.2 Å². The number of hydrogen-bond acceptors (Lipinski definition) is 9. The third-order valence-corrected chi connectivity index (χ3v) is 4.74. The van der Waals surface area contributed by atoms with Gasteiger partial charge in [0.2, 0.25) is 11.8 Å². The van der Waals surface area contributed by atoms with E-state index in [9.17, 15) is 34.5 Å². The Morgan fingerprint density at radius 1 is 0.966 bits per heavy atom. The van der Waals surface area contributed by atoms with E-state index in [4.69, 9.17) is 15.3 Å². The quantitative estimate of drug-likeness (QED) is 0.136. The molecule has 0 aromatic carbocycles. The van der Waals surface area contributed by atoms with Gasteiger partial charge in [0.25, 0.3) is 0 Å². The van der Waals surface area contributed by atoms with Crippen LogP contribution < -0.4 is 10.6 Å². The first-order chi connectivity index (χ1) is 13.5. The molecule has 0 rings (SSSR count). The van der Waals surface area contributed by atoms with Crippen molar-refractivity contribution in [3.8, 4) is 0 Å². The van der Waals surface area contributed by atoms with E-state index in [2.05, 4.69) is 10.6 Å². The number of carbonyl (C=O) groups is 4. The van der Waals surface area contributed by atoms with Gasteiger partial charge in [-0.1, -0.05) is 6.92 Å². The number of amides is 2. The molecular weight excluding hydrogens is 412 g/mol. The summed E-state index contributed by atoms with van der Waals surface area (Å²) in [7, 11) is 0. The number of thioether (sulfide) groups is 1. The zero-order valence-corrected chi connectivity index (χ0v) is 16.8. The van der Waals surface area contributed by atoms with Crippen molar-refractivity contribution in [2.75, 3.05) is 18.6 Å². The Morgan fingerprint density at radius 2 is 1.55 bits per heavy atom. The van der Waals surface area contributed by atoms with Crippen LogP contribution in [0.5, 0.6) is 0 Å². The summed E-state index contributed by atoms with van der Waals surface area (Å²) < 4.78 is 0. The van der Waals surface area contributed by atoms with E-state index in [0.29, 0.717) is 0 Å². The monoisotopic (exact) mass is 440 g/mol. The van der Waals surface area contributed by atoms with Gasteiger partial charge >= 0.3 is 11.9 Å². The largest absolute Gasteiger partial charge is 0.480 e. The molecule has 0 aliphatic heterocycles. The first-order valence-corrected chi connectivity index (χ1v) is 10.1. The third-order valence-electron chi connectivity index (χ3n) is 4.07. The van der Waals surface area contributed by atoms with Gasteiger partial charge in [-0.15, -0.1) is 0 Å². The summed E-state index contributed by atoms with van der Waals surface area (Å²) in [5.41, 5.74) is 0. The molecule has 2 amide bonds. The Hall–Kier alpha value is -1.93. The van der Waals surface area contributed by atoms with Crippen LogP contribution in [-0.4, -0.2) is 103 Å². The maximum Gasteiger partial charge on any atom is 0.335 e. The summed E-state index contributed by atoms with van der Waals surface area (Å²) >= 11 is 1.23. The van der Waals surface area contributed by atoms with Crippen LogP contribution in [-0.2, 0) is 19.2 Å². The van der Waals surface area contributed by atoms with Crippen LogP contribution in [0.15, 0.2) is 0 Å². The molecule has 168 valence electrons. The molecule has 0 saturated heterocycles. The zero-order valence-electron chi connectivity index (χ0n) is 16.0. The summed E-state index contributed by atoms with van der Waals surface area (Å²) in [6.45, 7) is 1.05. The number of nitrogens with one attached hydrogen (secondary N) is 2. The van der Waals surface area contributed by atoms with E-state index in [1.165, 1.54) is 11.8 Å². The van der Waals surface area contributed by atoms with Gasteiger partial charge in [0.15, 0.2) is 6.10 Å². The molecule has 5 unspecified atom stereocenters. The number of carboxylic acid groups (broad SMARTS) is 2. The predicted molar refractivity (Wildman–Crippen MR) is 101 cm³/mol. The topological polar surface area (TPSA) is 214 Å². The fourth-order valence-electron chi connectivity index (χ4n) is 2.25. The molecule has 8 N–H and O–H groups in total. The molecule has 0 radical (unpaired) electrons. The molecule has 0 aliphatic carbocycles. The highest BCUT2D eigenvalue weighted by Crippen LogP contribution is 2.10. The van der Waals surface area contributed by atoms with Gasteiger partial charge in [-0.05, 0) is 12.7 Å². The molecule has 0 spiro atoms. The minimum Gasteiger partial charge on any atom is -0.480 e. The standard InChI is InChI=1S/C16H28N2O10S/c1-3-7(14(24)18-8(6-29-2)15(25)26)4-10(20)17-5-9(19)11(21)12(22)13(23)16(27)28/h7-9,11-13,19,21-23H,3-6H2,1-2H3,(H,17,20)(H,18,24)(H,25,26)(H,27,28)/t7?,8-,9?,11?,12?,13?/m0/s1. The summed E-state index contributed by atoms with van der Waals surface area (Å²) in [4.78, 5) is 45.9. The van der Waals surface area contributed by atoms with E-state index in [1.54, 1.807) is 13.2 Å². The van der Waals surface area contributed by atoms with Gasteiger partial charge in [-0.25, -0.2) is 9.59 Å². The lowest BCUT2D eigenvalue weighted by Gasteiger charge is -2.25. The minimum atomic E-state index is -2.33. The lowest BCUT2D eigenvalue weighted by atomic mass is 10.00. The highest BCUT2D eigenvalue weighted by molar-refractivity contribution is 7.98. The lowest BCUT2D eigenvalue weighted by molar-refractivity contribution is -0.162. The fraction of sp³-hybridized carbons (Fsp3) is 0.750. The van der Waals surface area contributed by atoms with Gasteiger partial charge in [-0.2, -0.15) is 11.8 Å². The van der Waals surface area contributed by atoms with Crippen LogP contribution in [0.25, 0.3) is 0 Å². The summed E-state index contributed by atoms with van der Waals surface area (Å²) in [5.74, 6) is -5.00. The molecule has 0 aliphatic rings. The fourth-order valence-corrected chi connectivity index (χ4v) is 2.81. The van der Waals surface area contributed by atoms with Crippen LogP contribution >= 0.6 is 11.8 Å². The van der Waals surface area contributed by atoms with E-state index in [1.807, 2.05) is 0 Å². The first-order valence-electron chi connectivity index (χ1n) is 8.70. The molecule has 6 atom stereocenters. The summed E-state index contributed by atoms with van der Waals surface area (Å²) in [6.07, 6.45) is -6.75. The number of carbonyl (C=O) groups excluding carboxylic acids is 2. The minimum absolute atomic E-state index is 0.151. The highest BCUT2D eigenvalue weighted by atomic mass is 32.2. The molecule has 0 saturated carbocycles. The first kappa shape index (κ1) is 27.1. The zero-order chi connectivity index (χ0) is 22.7. The Labute approximate surface area is 171 Å². The van der Waals surface area contributed by atoms with Gasteiger partial charge in [-0.3, -0.25) is 9.59 Å². The second kappa shape index (κ2) is 13.3. The molecule has 13 heteroatoms. The molecule has 29 heavy (non-hydrogen) atoms. The second-order valence-corrected chi connectivity index (χ2v) is 7.21. The van der Waals surface area contributed by atoms with Crippen LogP contribution in [0.1, 0.15) is 19.8 Å². The maximum absolute atomic E-state index is 12.2. The van der Waals surface area contributed by atoms with E-state index in [-0.39, 0.29) is 18.6 Å². The van der Waals surface area contributed by atoms with Gasteiger partial charge in [0.1, 0.15) is 18.2 Å². The van der Waals surface area contributed by atoms with Crippen molar-refractivity contribution in [3.63, 3.8) is 0 Å². The number of aliphatic carboxylic acids is 2. The Morgan fingerprint density at radius 3 is 2.00 bits per heavy atom. The van der Waals surface area contributed by atoms with Gasteiger partial charge in [0.05, 0.1) is 6.10 Å². The molecular formula is C16H28N2O10S. The molecule has 0 aromatic rings. The third kappa shape index (κ3) is 9.41. The molecule has 12 nitrogen and oxygen atoms in total. The van der Waals surface area contributed by atoms with E-state index >= 15 is 0 Å². The second-order valence-electron chi connectivity index (χ2n) is 6.30. The number of aliphatic hydroxyl groups is 4. The molecule has 0 aromatic heterocycles. The van der Waals surface area contributed by atoms with E-state index in [0.717, 1.165) is 0 Å². The summed E-state index contributed by atoms with van der Waals surface area (Å²) in [6, 6.07) is -1.10. The number of rotatable bonds is 14. The van der Waals surface area contributed by atoms with Crippen molar-refractivity contribution in [2.24, 2.45) is 5.92 Å². The number of carboxylic acids is 2. The number of aliphatic hydroxyl groups excluding tert-OH is 4. The van der Waals surface area contributed by atoms with Crippen molar-refractivity contribution in [1.82, 2.24) is 10.6 Å². The van der Waals surface area contributed by atoms with Gasteiger partial charge < -0.3 is 41.3 Å². The van der Waals surface area contributed by atoms with Crippen LogP contribution in [0.2, 0.25) is 0 Å². The Kier molecular flexibility index (Phi) is 12.4. The van der Waals surface area contributed by atoms with Gasteiger partial charge in [0, 0.05) is 24.6 Å². The van der Waals surface area contributed by atoms with E-state index < -0.39 is 66.7 Å². The van der Waals surface area contributed by atoms with Crippen LogP contribution in [0, 0.1) is 5.92 Å². The van der Waals surface area contributed by atoms with Crippen LogP contribution in [0.4, 0.5) is 0 Å². The average molecular weight is 440 g/mol. The smallest absolute Gasteiger partial charge is 0.335 e. The van der Waals surface area contributed by atoms with Crippen molar-refractivity contribution >= 4 is 35.5 Å². The maximum atomic E-state index is 12.2. The SMILES string of the molecule is CCC(CC(=O)NCC(O)C(O)C(O)C(O)C(=O)O)C(=O)N[C@@H](CSC)C(=O)O. The Bertz CT molecular complexity index is 576. The highest BCUT2D eigenvalue weighted by Gasteiger charge is 2.34. The average Bonchev–Trinajstić information content (AvgIpc) is 2.67. The van der Waals surface area contributed by atoms with Crippen molar-refractivity contribution in [1.29, 1.82) is 0 Å². The predicted octanol–water partition coefficient (Wildman–Crippen LogP) is -3.02. The molecule has 0 bridgehead atoms. The number of hydrogen-bond donors (Lipinski definition) is 8. The summed E-state index contributed by atoms with van der Waals surface area (Å²) in [5, 5.41) is 60.2. The molecule has 0 heterocycles. The van der Waals surface area contributed by atoms with Crippen LogP contribution in [0.3, 0.4) is 0 Å². The van der Waals surface area contributed by atoms with Crippen molar-refractivity contribution < 1.29 is 49.8 Å². The van der Waals surface area contributed by atoms with Crippen molar-refractivity contribution in [3.05, 3.63) is 0 Å². The normalized spacial score (nSPS) is 17.3. The molecule has 0 fully saturated rings. The Balaban J connectivity index is 4.67.